The van der Waals surface area contributed by atoms with E-state index in [9.17, 15) is 9.59 Å². The number of halogens is 1. The number of nitrogens with one attached hydrogen (secondary N) is 3. The van der Waals surface area contributed by atoms with Gasteiger partial charge >= 0.3 is 0 Å². The van der Waals surface area contributed by atoms with Crippen molar-refractivity contribution in [3.8, 4) is 0 Å². The van der Waals surface area contributed by atoms with Crippen LogP contribution in [0.2, 0.25) is 0 Å². The molecule has 0 bridgehead atoms. The van der Waals surface area contributed by atoms with Crippen molar-refractivity contribution in [2.24, 2.45) is 0 Å². The van der Waals surface area contributed by atoms with Crippen LogP contribution in [0.15, 0.2) is 59.2 Å². The highest BCUT2D eigenvalue weighted by Crippen LogP contribution is 2.20. The zero-order chi connectivity index (χ0) is 19.4. The first-order valence-corrected chi connectivity index (χ1v) is 9.61. The molecule has 2 unspecified atom stereocenters. The molecule has 3 rings (SSSR count). The lowest BCUT2D eigenvalue weighted by molar-refractivity contribution is -0.128. The van der Waals surface area contributed by atoms with Gasteiger partial charge in [0.1, 0.15) is 6.04 Å². The summed E-state index contributed by atoms with van der Waals surface area (Å²) < 4.78 is 0.986. The molecule has 0 saturated heterocycles. The van der Waals surface area contributed by atoms with E-state index in [-0.39, 0.29) is 17.9 Å². The number of para-hydroxylation sites is 1. The second-order valence-electron chi connectivity index (χ2n) is 6.60. The summed E-state index contributed by atoms with van der Waals surface area (Å²) in [7, 11) is 0. The summed E-state index contributed by atoms with van der Waals surface area (Å²) in [5.41, 5.74) is 3.01. The van der Waals surface area contributed by atoms with Crippen molar-refractivity contribution in [1.82, 2.24) is 15.6 Å². The average molecular weight is 428 g/mol. The van der Waals surface area contributed by atoms with Gasteiger partial charge < -0.3 is 15.6 Å². The third kappa shape index (κ3) is 4.77. The molecule has 0 fully saturated rings. The molecule has 1 aromatic heterocycles. The highest BCUT2D eigenvalue weighted by Gasteiger charge is 2.23. The fourth-order valence-electron chi connectivity index (χ4n) is 3.12. The maximum Gasteiger partial charge on any atom is 0.243 e. The van der Waals surface area contributed by atoms with Gasteiger partial charge in [0.05, 0.1) is 6.04 Å². The van der Waals surface area contributed by atoms with Crippen molar-refractivity contribution < 1.29 is 9.59 Å². The number of carbonyl (C=O) groups is 2. The zero-order valence-corrected chi connectivity index (χ0v) is 16.8. The third-order valence-electron chi connectivity index (χ3n) is 4.52. The molecule has 0 saturated carbocycles. The summed E-state index contributed by atoms with van der Waals surface area (Å²) in [5, 5.41) is 6.84. The first-order valence-electron chi connectivity index (χ1n) is 8.82. The Morgan fingerprint density at radius 1 is 1.07 bits per heavy atom. The predicted octanol–water partition coefficient (Wildman–Crippen LogP) is 3.86. The van der Waals surface area contributed by atoms with E-state index in [1.807, 2.05) is 61.7 Å². The first-order chi connectivity index (χ1) is 12.9. The van der Waals surface area contributed by atoms with Gasteiger partial charge in [0.15, 0.2) is 0 Å². The molecule has 3 aromatic rings. The van der Waals surface area contributed by atoms with E-state index >= 15 is 0 Å². The van der Waals surface area contributed by atoms with Crippen LogP contribution < -0.4 is 10.6 Å². The number of hydrogen-bond donors (Lipinski definition) is 3. The minimum Gasteiger partial charge on any atom is -0.361 e. The highest BCUT2D eigenvalue weighted by molar-refractivity contribution is 9.10. The Hall–Kier alpha value is -2.60. The van der Waals surface area contributed by atoms with E-state index < -0.39 is 6.04 Å². The van der Waals surface area contributed by atoms with E-state index in [2.05, 4.69) is 31.5 Å². The van der Waals surface area contributed by atoms with Crippen LogP contribution in [0.25, 0.3) is 10.9 Å². The van der Waals surface area contributed by atoms with Crippen molar-refractivity contribution in [2.45, 2.75) is 32.4 Å². The Morgan fingerprint density at radius 2 is 1.78 bits per heavy atom. The number of amides is 2. The van der Waals surface area contributed by atoms with Crippen molar-refractivity contribution in [1.29, 1.82) is 0 Å². The standard InChI is InChI=1S/C21H22BrN3O2/c1-13(15-7-9-17(22)10-8-15)24-21(27)20(25-14(2)26)11-16-12-23-19-6-4-3-5-18(16)19/h3-10,12-13,20,23H,11H2,1-2H3,(H,24,27)(H,25,26). The van der Waals surface area contributed by atoms with Gasteiger partial charge in [-0.25, -0.2) is 0 Å². The second kappa shape index (κ2) is 8.39. The van der Waals surface area contributed by atoms with Crippen molar-refractivity contribution in [3.05, 3.63) is 70.3 Å². The van der Waals surface area contributed by atoms with Crippen molar-refractivity contribution in [3.63, 3.8) is 0 Å². The van der Waals surface area contributed by atoms with E-state index in [1.165, 1.54) is 6.92 Å². The predicted molar refractivity (Wildman–Crippen MR) is 110 cm³/mol. The summed E-state index contributed by atoms with van der Waals surface area (Å²) in [5.74, 6) is -0.433. The molecule has 6 heteroatoms. The topological polar surface area (TPSA) is 74.0 Å². The van der Waals surface area contributed by atoms with Gasteiger partial charge in [-0.3, -0.25) is 9.59 Å². The lowest BCUT2D eigenvalue weighted by atomic mass is 10.0. The molecule has 27 heavy (non-hydrogen) atoms. The lowest BCUT2D eigenvalue weighted by Crippen LogP contribution is -2.47. The van der Waals surface area contributed by atoms with Gasteiger partial charge in [0.2, 0.25) is 11.8 Å². The Bertz CT molecular complexity index is 949. The van der Waals surface area contributed by atoms with Gasteiger partial charge in [-0.05, 0) is 36.2 Å². The number of carbonyl (C=O) groups excluding carboxylic acids is 2. The molecule has 2 atom stereocenters. The molecule has 0 aliphatic heterocycles. The number of H-pyrrole nitrogens is 1. The SMILES string of the molecule is CC(=O)NC(Cc1c[nH]c2ccccc12)C(=O)NC(C)c1ccc(Br)cc1. The molecule has 0 spiro atoms. The monoisotopic (exact) mass is 427 g/mol. The molecule has 2 aromatic carbocycles. The average Bonchev–Trinajstić information content (AvgIpc) is 3.04. The van der Waals surface area contributed by atoms with Gasteiger partial charge in [0.25, 0.3) is 0 Å². The second-order valence-corrected chi connectivity index (χ2v) is 7.51. The molecular formula is C21H22BrN3O2. The number of aromatic nitrogens is 1. The van der Waals surface area contributed by atoms with E-state index in [0.29, 0.717) is 6.42 Å². The van der Waals surface area contributed by atoms with Gasteiger partial charge in [0, 0.05) is 34.9 Å². The van der Waals surface area contributed by atoms with Crippen LogP contribution in [0.1, 0.15) is 31.0 Å². The van der Waals surface area contributed by atoms with Crippen molar-refractivity contribution in [2.75, 3.05) is 0 Å². The normalized spacial score (nSPS) is 13.1. The van der Waals surface area contributed by atoms with E-state index in [4.69, 9.17) is 0 Å². The summed E-state index contributed by atoms with van der Waals surface area (Å²) in [6.45, 7) is 3.35. The maximum atomic E-state index is 12.8. The van der Waals surface area contributed by atoms with Gasteiger partial charge in [-0.1, -0.05) is 46.3 Å². The third-order valence-corrected chi connectivity index (χ3v) is 5.05. The molecule has 1 heterocycles. The Morgan fingerprint density at radius 3 is 2.48 bits per heavy atom. The van der Waals surface area contributed by atoms with Gasteiger partial charge in [-0.2, -0.15) is 0 Å². The highest BCUT2D eigenvalue weighted by atomic mass is 79.9. The van der Waals surface area contributed by atoms with Gasteiger partial charge in [-0.15, -0.1) is 0 Å². The maximum absolute atomic E-state index is 12.8. The van der Waals surface area contributed by atoms with Crippen LogP contribution in [0.5, 0.6) is 0 Å². The number of rotatable bonds is 6. The summed E-state index contributed by atoms with van der Waals surface area (Å²) in [4.78, 5) is 27.7. The van der Waals surface area contributed by atoms with Crippen LogP contribution in [-0.2, 0) is 16.0 Å². The number of aromatic amines is 1. The van der Waals surface area contributed by atoms with Crippen LogP contribution in [-0.4, -0.2) is 22.8 Å². The van der Waals surface area contributed by atoms with Crippen LogP contribution in [0, 0.1) is 0 Å². The molecule has 0 aliphatic rings. The largest absolute Gasteiger partial charge is 0.361 e. The fraction of sp³-hybridized carbons (Fsp3) is 0.238. The zero-order valence-electron chi connectivity index (χ0n) is 15.3. The molecule has 0 aliphatic carbocycles. The molecule has 5 nitrogen and oxygen atoms in total. The molecule has 3 N–H and O–H groups in total. The molecule has 140 valence electrons. The van der Waals surface area contributed by atoms with Crippen LogP contribution in [0.4, 0.5) is 0 Å². The Balaban J connectivity index is 1.76. The Kier molecular flexibility index (Phi) is 5.96. The summed E-state index contributed by atoms with van der Waals surface area (Å²) >= 11 is 3.41. The summed E-state index contributed by atoms with van der Waals surface area (Å²) in [6.07, 6.45) is 2.31. The summed E-state index contributed by atoms with van der Waals surface area (Å²) in [6, 6.07) is 14.9. The first kappa shape index (κ1) is 19.2. The fourth-order valence-corrected chi connectivity index (χ4v) is 3.39. The number of benzene rings is 2. The smallest absolute Gasteiger partial charge is 0.243 e. The van der Waals surface area contributed by atoms with Crippen LogP contribution in [0.3, 0.4) is 0 Å². The lowest BCUT2D eigenvalue weighted by Gasteiger charge is -2.21. The molecule has 2 amide bonds. The molecular weight excluding hydrogens is 406 g/mol. The molecule has 0 radical (unpaired) electrons. The van der Waals surface area contributed by atoms with Crippen LogP contribution >= 0.6 is 15.9 Å². The minimum atomic E-state index is -0.639. The van der Waals surface area contributed by atoms with E-state index in [0.717, 1.165) is 26.5 Å². The van der Waals surface area contributed by atoms with Crippen molar-refractivity contribution >= 4 is 38.6 Å². The van der Waals surface area contributed by atoms with E-state index in [1.54, 1.807) is 0 Å². The number of hydrogen-bond acceptors (Lipinski definition) is 2. The quantitative estimate of drug-likeness (QED) is 0.558. The number of fused-ring (bicyclic) bond motifs is 1. The minimum absolute atomic E-state index is 0.162. The Labute approximate surface area is 166 Å².